The van der Waals surface area contributed by atoms with Gasteiger partial charge in [-0.25, -0.2) is 9.86 Å². The molecule has 0 fully saturated rings. The first-order valence-corrected chi connectivity index (χ1v) is 13.2. The molecule has 0 radical (unpaired) electrons. The number of furan rings is 1. The first-order chi connectivity index (χ1) is 18.8. The Kier molecular flexibility index (Phi) is 13.0. The SMILES string of the molecule is CCCCC[C@@H](C(=O)NCNC(=O)c1ccc(-c2cc(OCCC)cc(C(=O)OC)c2)o1)[C@@H](CC)N(O)C=O. The maximum atomic E-state index is 12.9. The van der Waals surface area contributed by atoms with Crippen LogP contribution < -0.4 is 15.4 Å². The summed E-state index contributed by atoms with van der Waals surface area (Å²) in [6, 6.07) is 7.27. The molecule has 0 spiro atoms. The maximum Gasteiger partial charge on any atom is 0.338 e. The standard InChI is InChI=1S/C28H39N3O8/c1-5-8-9-10-22(23(7-3)31(36)18-32)26(33)29-17-30-27(34)25-12-11-24(39-25)19-14-20(28(35)37-4)16-21(15-19)38-13-6-2/h11-12,14-16,18,22-23,36H,5-10,13,17H2,1-4H3,(H,29,33)(H,30,34)/t22-,23-/m1/s1. The predicted octanol–water partition coefficient (Wildman–Crippen LogP) is 4.15. The molecular formula is C28H39N3O8. The Labute approximate surface area is 228 Å². The normalized spacial score (nSPS) is 12.2. The zero-order chi connectivity index (χ0) is 28.8. The summed E-state index contributed by atoms with van der Waals surface area (Å²) in [6.45, 7) is 6.08. The van der Waals surface area contributed by atoms with Crippen LogP contribution in [0.5, 0.6) is 5.75 Å². The number of unbranched alkanes of at least 4 members (excludes halogenated alkanes) is 2. The Morgan fingerprint density at radius 2 is 1.85 bits per heavy atom. The lowest BCUT2D eigenvalue weighted by Crippen LogP contribution is -2.47. The quantitative estimate of drug-likeness (QED) is 0.0671. The number of amides is 3. The van der Waals surface area contributed by atoms with Gasteiger partial charge in [-0.05, 0) is 49.6 Å². The first kappa shape index (κ1) is 31.4. The van der Waals surface area contributed by atoms with E-state index in [9.17, 15) is 24.4 Å². The predicted molar refractivity (Wildman–Crippen MR) is 143 cm³/mol. The second-order valence-electron chi connectivity index (χ2n) is 9.04. The van der Waals surface area contributed by atoms with E-state index in [2.05, 4.69) is 10.6 Å². The minimum atomic E-state index is -0.672. The summed E-state index contributed by atoms with van der Waals surface area (Å²) in [5, 5.41) is 15.7. The van der Waals surface area contributed by atoms with E-state index >= 15 is 0 Å². The van der Waals surface area contributed by atoms with E-state index in [1.54, 1.807) is 31.2 Å². The summed E-state index contributed by atoms with van der Waals surface area (Å²) >= 11 is 0. The average Bonchev–Trinajstić information content (AvgIpc) is 3.45. The van der Waals surface area contributed by atoms with Crippen LogP contribution in [-0.4, -0.2) is 60.9 Å². The van der Waals surface area contributed by atoms with Gasteiger partial charge in [0.05, 0.1) is 37.9 Å². The van der Waals surface area contributed by atoms with Crippen LogP contribution in [0.15, 0.2) is 34.7 Å². The molecule has 11 heteroatoms. The summed E-state index contributed by atoms with van der Waals surface area (Å²) in [5.41, 5.74) is 0.807. The van der Waals surface area contributed by atoms with Crippen molar-refractivity contribution >= 4 is 24.2 Å². The summed E-state index contributed by atoms with van der Waals surface area (Å²) < 4.78 is 16.2. The van der Waals surface area contributed by atoms with Crippen molar-refractivity contribution in [2.45, 2.75) is 65.3 Å². The van der Waals surface area contributed by atoms with Crippen LogP contribution in [0.3, 0.4) is 0 Å². The molecular weight excluding hydrogens is 506 g/mol. The molecule has 3 amide bonds. The van der Waals surface area contributed by atoms with Crippen molar-refractivity contribution in [3.63, 3.8) is 0 Å². The number of nitrogens with zero attached hydrogens (tertiary/aromatic N) is 1. The lowest BCUT2D eigenvalue weighted by atomic mass is 9.90. The second-order valence-corrected chi connectivity index (χ2v) is 9.04. The molecule has 214 valence electrons. The monoisotopic (exact) mass is 545 g/mol. The van der Waals surface area contributed by atoms with Gasteiger partial charge in [0.15, 0.2) is 5.76 Å². The molecule has 0 bridgehead atoms. The molecule has 1 heterocycles. The third kappa shape index (κ3) is 9.13. The molecule has 0 aliphatic heterocycles. The van der Waals surface area contributed by atoms with Crippen molar-refractivity contribution in [1.29, 1.82) is 0 Å². The highest BCUT2D eigenvalue weighted by Crippen LogP contribution is 2.28. The van der Waals surface area contributed by atoms with Gasteiger partial charge in [0, 0.05) is 5.56 Å². The lowest BCUT2D eigenvalue weighted by Gasteiger charge is -2.29. The Morgan fingerprint density at radius 1 is 1.08 bits per heavy atom. The minimum Gasteiger partial charge on any atom is -0.494 e. The number of carbonyl (C=O) groups excluding carboxylic acids is 4. The van der Waals surface area contributed by atoms with Crippen molar-refractivity contribution in [1.82, 2.24) is 15.7 Å². The molecule has 0 saturated heterocycles. The highest BCUT2D eigenvalue weighted by molar-refractivity contribution is 5.93. The van der Waals surface area contributed by atoms with Crippen LogP contribution in [0.1, 0.15) is 80.2 Å². The van der Waals surface area contributed by atoms with Crippen LogP contribution in [-0.2, 0) is 14.3 Å². The third-order valence-electron chi connectivity index (χ3n) is 6.21. The molecule has 1 aromatic carbocycles. The van der Waals surface area contributed by atoms with Gasteiger partial charge in [0.25, 0.3) is 5.91 Å². The van der Waals surface area contributed by atoms with E-state index in [4.69, 9.17) is 13.9 Å². The van der Waals surface area contributed by atoms with Gasteiger partial charge < -0.3 is 24.5 Å². The van der Waals surface area contributed by atoms with E-state index in [-0.39, 0.29) is 23.9 Å². The van der Waals surface area contributed by atoms with Crippen LogP contribution >= 0.6 is 0 Å². The maximum absolute atomic E-state index is 12.9. The second kappa shape index (κ2) is 16.2. The molecule has 1 aromatic heterocycles. The molecule has 0 saturated carbocycles. The van der Waals surface area contributed by atoms with Crippen molar-refractivity contribution in [3.05, 3.63) is 41.7 Å². The molecule has 2 aromatic rings. The number of carbonyl (C=O) groups is 4. The van der Waals surface area contributed by atoms with E-state index in [0.29, 0.717) is 48.0 Å². The van der Waals surface area contributed by atoms with E-state index in [0.717, 1.165) is 25.7 Å². The molecule has 0 aliphatic carbocycles. The van der Waals surface area contributed by atoms with Crippen molar-refractivity contribution in [2.24, 2.45) is 5.92 Å². The summed E-state index contributed by atoms with van der Waals surface area (Å²) in [6.07, 6.45) is 4.61. The van der Waals surface area contributed by atoms with Gasteiger partial charge >= 0.3 is 5.97 Å². The highest BCUT2D eigenvalue weighted by Gasteiger charge is 2.30. The fourth-order valence-electron chi connectivity index (χ4n) is 4.17. The van der Waals surface area contributed by atoms with E-state index in [1.807, 2.05) is 13.8 Å². The van der Waals surface area contributed by atoms with Gasteiger partial charge in [-0.3, -0.25) is 19.6 Å². The van der Waals surface area contributed by atoms with Crippen LogP contribution in [0.25, 0.3) is 11.3 Å². The van der Waals surface area contributed by atoms with Crippen molar-refractivity contribution < 1.29 is 38.3 Å². The van der Waals surface area contributed by atoms with Crippen molar-refractivity contribution in [2.75, 3.05) is 20.4 Å². The molecule has 2 rings (SSSR count). The first-order valence-electron chi connectivity index (χ1n) is 13.2. The Morgan fingerprint density at radius 3 is 2.49 bits per heavy atom. The van der Waals surface area contributed by atoms with Gasteiger partial charge in [0.1, 0.15) is 11.5 Å². The Bertz CT molecular complexity index is 1100. The fourth-order valence-corrected chi connectivity index (χ4v) is 4.17. The summed E-state index contributed by atoms with van der Waals surface area (Å²) in [5.74, 6) is -1.28. The van der Waals surface area contributed by atoms with Crippen LogP contribution in [0.4, 0.5) is 0 Å². The lowest BCUT2D eigenvalue weighted by molar-refractivity contribution is -0.168. The highest BCUT2D eigenvalue weighted by atomic mass is 16.5. The molecule has 11 nitrogen and oxygen atoms in total. The number of nitrogens with one attached hydrogen (secondary N) is 2. The van der Waals surface area contributed by atoms with Crippen LogP contribution in [0, 0.1) is 5.92 Å². The molecule has 3 N–H and O–H groups in total. The van der Waals surface area contributed by atoms with Gasteiger partial charge in [0.2, 0.25) is 12.3 Å². The molecule has 2 atom stereocenters. The molecule has 0 aliphatic rings. The third-order valence-corrected chi connectivity index (χ3v) is 6.21. The van der Waals surface area contributed by atoms with Crippen molar-refractivity contribution in [3.8, 4) is 17.1 Å². The number of hydrogen-bond acceptors (Lipinski definition) is 8. The Balaban J connectivity index is 2.08. The number of esters is 1. The fraction of sp³-hybridized carbons (Fsp3) is 0.500. The number of benzene rings is 1. The minimum absolute atomic E-state index is 0.00663. The zero-order valence-electron chi connectivity index (χ0n) is 23.0. The average molecular weight is 546 g/mol. The molecule has 0 unspecified atom stereocenters. The van der Waals surface area contributed by atoms with Gasteiger partial charge in [-0.2, -0.15) is 0 Å². The smallest absolute Gasteiger partial charge is 0.338 e. The number of methoxy groups -OCH3 is 1. The number of ether oxygens (including phenoxy) is 2. The number of hydroxylamine groups is 2. The summed E-state index contributed by atoms with van der Waals surface area (Å²) in [7, 11) is 1.29. The molecule has 39 heavy (non-hydrogen) atoms. The van der Waals surface area contributed by atoms with E-state index in [1.165, 1.54) is 13.2 Å². The number of rotatable bonds is 17. The van der Waals surface area contributed by atoms with Gasteiger partial charge in [-0.15, -0.1) is 0 Å². The van der Waals surface area contributed by atoms with Gasteiger partial charge in [-0.1, -0.05) is 40.0 Å². The largest absolute Gasteiger partial charge is 0.494 e. The van der Waals surface area contributed by atoms with Crippen LogP contribution in [0.2, 0.25) is 0 Å². The topological polar surface area (TPSA) is 147 Å². The Hall–Kier alpha value is -3.86. The zero-order valence-corrected chi connectivity index (χ0v) is 23.0. The number of hydrogen-bond donors (Lipinski definition) is 3. The van der Waals surface area contributed by atoms with E-state index < -0.39 is 23.8 Å². The summed E-state index contributed by atoms with van der Waals surface area (Å²) in [4.78, 5) is 48.8.